The third-order valence-corrected chi connectivity index (χ3v) is 3.40. The van der Waals surface area contributed by atoms with E-state index < -0.39 is 0 Å². The van der Waals surface area contributed by atoms with Gasteiger partial charge in [-0.1, -0.05) is 0 Å². The predicted molar refractivity (Wildman–Crippen MR) is 65.4 cm³/mol. The Labute approximate surface area is 101 Å². The van der Waals surface area contributed by atoms with Gasteiger partial charge in [0.1, 0.15) is 11.9 Å². The molecule has 1 aliphatic carbocycles. The van der Waals surface area contributed by atoms with Crippen molar-refractivity contribution < 1.29 is 0 Å². The number of nitrogens with two attached hydrogens (primary N) is 1. The summed E-state index contributed by atoms with van der Waals surface area (Å²) in [4.78, 5) is 10.4. The van der Waals surface area contributed by atoms with E-state index in [9.17, 15) is 0 Å². The summed E-state index contributed by atoms with van der Waals surface area (Å²) in [5, 5.41) is 8.66. The maximum atomic E-state index is 8.66. The Balaban J connectivity index is 2.03. The molecule has 0 aliphatic heterocycles. The van der Waals surface area contributed by atoms with E-state index in [4.69, 9.17) is 11.0 Å². The molecule has 0 spiro atoms. The van der Waals surface area contributed by atoms with Crippen LogP contribution in [-0.4, -0.2) is 29.1 Å². The fraction of sp³-hybridized carbons (Fsp3) is 0.583. The third kappa shape index (κ3) is 2.71. The molecule has 5 nitrogen and oxygen atoms in total. The highest BCUT2D eigenvalue weighted by Crippen LogP contribution is 2.24. The lowest BCUT2D eigenvalue weighted by Gasteiger charge is -2.33. The lowest BCUT2D eigenvalue weighted by Crippen LogP contribution is -2.39. The Morgan fingerprint density at radius 3 is 2.53 bits per heavy atom. The Morgan fingerprint density at radius 1 is 1.29 bits per heavy atom. The van der Waals surface area contributed by atoms with Crippen molar-refractivity contribution in [3.05, 3.63) is 18.1 Å². The van der Waals surface area contributed by atoms with Crippen LogP contribution in [0.15, 0.2) is 12.4 Å². The molecule has 0 aromatic carbocycles. The van der Waals surface area contributed by atoms with Gasteiger partial charge < -0.3 is 10.6 Å². The zero-order chi connectivity index (χ0) is 12.3. The summed E-state index contributed by atoms with van der Waals surface area (Å²) in [6.45, 7) is 0. The summed E-state index contributed by atoms with van der Waals surface area (Å²) < 4.78 is 0. The molecule has 5 heteroatoms. The average molecular weight is 231 g/mol. The zero-order valence-corrected chi connectivity index (χ0v) is 10.0. The number of nitriles is 1. The van der Waals surface area contributed by atoms with Crippen LogP contribution >= 0.6 is 0 Å². The highest BCUT2D eigenvalue weighted by molar-refractivity contribution is 5.37. The number of hydrogen-bond donors (Lipinski definition) is 1. The average Bonchev–Trinajstić information content (AvgIpc) is 2.39. The summed E-state index contributed by atoms with van der Waals surface area (Å²) in [5.41, 5.74) is 6.25. The van der Waals surface area contributed by atoms with E-state index in [2.05, 4.69) is 14.9 Å². The molecule has 1 heterocycles. The van der Waals surface area contributed by atoms with Crippen LogP contribution in [0.25, 0.3) is 0 Å². The highest BCUT2D eigenvalue weighted by atomic mass is 15.2. The minimum atomic E-state index is 0.353. The van der Waals surface area contributed by atoms with Gasteiger partial charge in [0, 0.05) is 19.1 Å². The van der Waals surface area contributed by atoms with E-state index in [1.807, 2.05) is 13.1 Å². The predicted octanol–water partition coefficient (Wildman–Crippen LogP) is 1.05. The van der Waals surface area contributed by atoms with Crippen LogP contribution in [-0.2, 0) is 0 Å². The van der Waals surface area contributed by atoms with Crippen molar-refractivity contribution in [3.63, 3.8) is 0 Å². The Kier molecular flexibility index (Phi) is 3.55. The summed E-state index contributed by atoms with van der Waals surface area (Å²) in [5.74, 6) is 0.824. The molecule has 2 rings (SSSR count). The molecule has 1 saturated carbocycles. The minimum Gasteiger partial charge on any atom is -0.355 e. The van der Waals surface area contributed by atoms with Gasteiger partial charge in [-0.15, -0.1) is 0 Å². The zero-order valence-electron chi connectivity index (χ0n) is 10.0. The van der Waals surface area contributed by atoms with Gasteiger partial charge >= 0.3 is 0 Å². The van der Waals surface area contributed by atoms with Crippen molar-refractivity contribution in [2.24, 2.45) is 5.73 Å². The van der Waals surface area contributed by atoms with Crippen molar-refractivity contribution in [2.75, 3.05) is 11.9 Å². The molecule has 1 aromatic heterocycles. The molecule has 1 aromatic rings. The molecule has 0 amide bonds. The topological polar surface area (TPSA) is 78.8 Å². The fourth-order valence-electron chi connectivity index (χ4n) is 2.24. The summed E-state index contributed by atoms with van der Waals surface area (Å²) in [7, 11) is 2.03. The molecule has 1 aliphatic rings. The first-order valence-electron chi connectivity index (χ1n) is 5.91. The molecule has 0 unspecified atom stereocenters. The molecule has 17 heavy (non-hydrogen) atoms. The maximum Gasteiger partial charge on any atom is 0.158 e. The van der Waals surface area contributed by atoms with E-state index in [-0.39, 0.29) is 0 Å². The second-order valence-corrected chi connectivity index (χ2v) is 4.55. The monoisotopic (exact) mass is 231 g/mol. The lowest BCUT2D eigenvalue weighted by molar-refractivity contribution is 0.383. The molecule has 1 fully saturated rings. The first kappa shape index (κ1) is 11.8. The van der Waals surface area contributed by atoms with Gasteiger partial charge in [-0.05, 0) is 25.7 Å². The Hall–Kier alpha value is -1.67. The molecule has 2 N–H and O–H groups in total. The SMILES string of the molecule is CN(c1cnc(C#N)cn1)C1CCC(N)CC1. The van der Waals surface area contributed by atoms with Gasteiger partial charge in [0.2, 0.25) is 0 Å². The van der Waals surface area contributed by atoms with Crippen LogP contribution in [0.2, 0.25) is 0 Å². The van der Waals surface area contributed by atoms with Crippen molar-refractivity contribution in [3.8, 4) is 6.07 Å². The van der Waals surface area contributed by atoms with E-state index in [1.165, 1.54) is 6.20 Å². The molecule has 0 saturated heterocycles. The molecule has 90 valence electrons. The van der Waals surface area contributed by atoms with Crippen LogP contribution < -0.4 is 10.6 Å². The standard InChI is InChI=1S/C12H17N5/c1-17(11-4-2-9(14)3-5-11)12-8-15-10(6-13)7-16-12/h7-9,11H,2-5,14H2,1H3. The van der Waals surface area contributed by atoms with Crippen molar-refractivity contribution in [1.82, 2.24) is 9.97 Å². The Bertz CT molecular complexity index is 400. The second-order valence-electron chi connectivity index (χ2n) is 4.55. The summed E-state index contributed by atoms with van der Waals surface area (Å²) >= 11 is 0. The molecule has 0 radical (unpaired) electrons. The minimum absolute atomic E-state index is 0.353. The smallest absolute Gasteiger partial charge is 0.158 e. The van der Waals surface area contributed by atoms with Crippen molar-refractivity contribution in [1.29, 1.82) is 5.26 Å². The van der Waals surface area contributed by atoms with Crippen LogP contribution in [0.4, 0.5) is 5.82 Å². The highest BCUT2D eigenvalue weighted by Gasteiger charge is 2.22. The Morgan fingerprint density at radius 2 is 2.00 bits per heavy atom. The van der Waals surface area contributed by atoms with Crippen molar-refractivity contribution in [2.45, 2.75) is 37.8 Å². The van der Waals surface area contributed by atoms with E-state index in [0.717, 1.165) is 31.5 Å². The van der Waals surface area contributed by atoms with Gasteiger partial charge in [0.05, 0.1) is 12.4 Å². The first-order valence-corrected chi connectivity index (χ1v) is 5.91. The number of nitrogens with zero attached hydrogens (tertiary/aromatic N) is 4. The lowest BCUT2D eigenvalue weighted by atomic mass is 9.91. The maximum absolute atomic E-state index is 8.66. The number of rotatable bonds is 2. The van der Waals surface area contributed by atoms with E-state index in [0.29, 0.717) is 17.8 Å². The summed E-state index contributed by atoms with van der Waals surface area (Å²) in [6.07, 6.45) is 7.50. The molecule has 0 bridgehead atoms. The van der Waals surface area contributed by atoms with Crippen LogP contribution in [0.5, 0.6) is 0 Å². The molecular weight excluding hydrogens is 214 g/mol. The van der Waals surface area contributed by atoms with Crippen LogP contribution in [0.3, 0.4) is 0 Å². The fourth-order valence-corrected chi connectivity index (χ4v) is 2.24. The van der Waals surface area contributed by atoms with Crippen molar-refractivity contribution >= 4 is 5.82 Å². The van der Waals surface area contributed by atoms with Gasteiger partial charge in [0.25, 0.3) is 0 Å². The number of hydrogen-bond acceptors (Lipinski definition) is 5. The third-order valence-electron chi connectivity index (χ3n) is 3.40. The number of aromatic nitrogens is 2. The van der Waals surface area contributed by atoms with Gasteiger partial charge in [0.15, 0.2) is 5.69 Å². The second kappa shape index (κ2) is 5.11. The van der Waals surface area contributed by atoms with Gasteiger partial charge in [-0.2, -0.15) is 5.26 Å². The van der Waals surface area contributed by atoms with Crippen LogP contribution in [0.1, 0.15) is 31.4 Å². The van der Waals surface area contributed by atoms with Gasteiger partial charge in [-0.3, -0.25) is 0 Å². The quantitative estimate of drug-likeness (QED) is 0.823. The van der Waals surface area contributed by atoms with Gasteiger partial charge in [-0.25, -0.2) is 9.97 Å². The largest absolute Gasteiger partial charge is 0.355 e. The molecular formula is C12H17N5. The van der Waals surface area contributed by atoms with Crippen LogP contribution in [0, 0.1) is 11.3 Å². The normalized spacial score (nSPS) is 24.1. The van der Waals surface area contributed by atoms with E-state index >= 15 is 0 Å². The van der Waals surface area contributed by atoms with E-state index in [1.54, 1.807) is 6.20 Å². The first-order chi connectivity index (χ1) is 8.20. The molecule has 0 atom stereocenters. The number of anilines is 1. The summed E-state index contributed by atoms with van der Waals surface area (Å²) in [6, 6.07) is 2.81.